The number of carbonyl (C=O) groups is 1. The van der Waals surface area contributed by atoms with Gasteiger partial charge in [0.15, 0.2) is 0 Å². The second-order valence-electron chi connectivity index (χ2n) is 6.59. The molecule has 0 bridgehead atoms. The topological polar surface area (TPSA) is 75.7 Å². The Balaban J connectivity index is 2.20. The zero-order valence-electron chi connectivity index (χ0n) is 16.3. The summed E-state index contributed by atoms with van der Waals surface area (Å²) in [5.41, 5.74) is 3.13. The van der Waals surface area contributed by atoms with E-state index < -0.39 is 16.1 Å². The van der Waals surface area contributed by atoms with E-state index >= 15 is 0 Å². The average molecular weight is 391 g/mol. The van der Waals surface area contributed by atoms with Crippen molar-refractivity contribution in [3.8, 4) is 5.75 Å². The molecule has 146 valence electrons. The largest absolute Gasteiger partial charge is 0.497 e. The van der Waals surface area contributed by atoms with Crippen LogP contribution in [0.15, 0.2) is 42.5 Å². The van der Waals surface area contributed by atoms with Crippen molar-refractivity contribution in [2.75, 3.05) is 17.7 Å². The molecule has 0 spiro atoms. The smallest absolute Gasteiger partial charge is 0.243 e. The van der Waals surface area contributed by atoms with Crippen molar-refractivity contribution in [3.63, 3.8) is 0 Å². The molecule has 27 heavy (non-hydrogen) atoms. The first-order valence-corrected chi connectivity index (χ1v) is 10.5. The number of ether oxygens (including phenoxy) is 1. The van der Waals surface area contributed by atoms with Crippen LogP contribution in [0.2, 0.25) is 0 Å². The molecule has 2 aromatic rings. The number of hydrogen-bond donors (Lipinski definition) is 1. The lowest BCUT2D eigenvalue weighted by atomic mass is 10.1. The van der Waals surface area contributed by atoms with Gasteiger partial charge in [0.2, 0.25) is 15.9 Å². The number of benzene rings is 2. The van der Waals surface area contributed by atoms with Crippen molar-refractivity contribution < 1.29 is 17.9 Å². The minimum absolute atomic E-state index is 0.303. The quantitative estimate of drug-likeness (QED) is 0.789. The van der Waals surface area contributed by atoms with E-state index in [0.29, 0.717) is 12.2 Å². The summed E-state index contributed by atoms with van der Waals surface area (Å²) in [7, 11) is -2.05. The minimum atomic E-state index is -3.64. The molecule has 0 radical (unpaired) electrons. The molecule has 0 heterocycles. The van der Waals surface area contributed by atoms with Gasteiger partial charge in [-0.05, 0) is 55.7 Å². The maximum absolute atomic E-state index is 12.7. The fourth-order valence-corrected chi connectivity index (χ4v) is 4.04. The molecule has 0 unspecified atom stereocenters. The van der Waals surface area contributed by atoms with Crippen LogP contribution in [-0.2, 0) is 21.4 Å². The summed E-state index contributed by atoms with van der Waals surface area (Å²) in [6, 6.07) is 12.0. The third-order valence-electron chi connectivity index (χ3n) is 4.32. The molecule has 2 rings (SSSR count). The van der Waals surface area contributed by atoms with E-state index in [1.54, 1.807) is 20.1 Å². The van der Waals surface area contributed by atoms with Crippen molar-refractivity contribution >= 4 is 21.6 Å². The molecule has 7 heteroatoms. The molecule has 0 saturated heterocycles. The molecule has 6 nitrogen and oxygen atoms in total. The predicted molar refractivity (Wildman–Crippen MR) is 108 cm³/mol. The summed E-state index contributed by atoms with van der Waals surface area (Å²) in [6.07, 6.45) is 1.11. The average Bonchev–Trinajstić information content (AvgIpc) is 2.62. The monoisotopic (exact) mass is 390 g/mol. The number of methoxy groups -OCH3 is 1. The van der Waals surface area contributed by atoms with Crippen LogP contribution in [0.4, 0.5) is 5.69 Å². The summed E-state index contributed by atoms with van der Waals surface area (Å²) in [4.78, 5) is 12.7. The Bertz CT molecular complexity index is 908. The maximum atomic E-state index is 12.7. The first kappa shape index (κ1) is 20.8. The molecule has 0 saturated carbocycles. The number of carbonyl (C=O) groups excluding carboxylic acids is 1. The molecule has 0 aromatic heterocycles. The van der Waals surface area contributed by atoms with Crippen molar-refractivity contribution in [3.05, 3.63) is 59.2 Å². The first-order valence-electron chi connectivity index (χ1n) is 8.60. The highest BCUT2D eigenvalue weighted by Gasteiger charge is 2.30. The second kappa shape index (κ2) is 8.43. The number of amides is 1. The van der Waals surface area contributed by atoms with Gasteiger partial charge in [0.05, 0.1) is 19.1 Å². The summed E-state index contributed by atoms with van der Waals surface area (Å²) < 4.78 is 31.1. The first-order chi connectivity index (χ1) is 12.6. The van der Waals surface area contributed by atoms with Crippen molar-refractivity contribution in [1.82, 2.24) is 5.32 Å². The molecule has 1 atom stereocenters. The maximum Gasteiger partial charge on any atom is 0.243 e. The fourth-order valence-electron chi connectivity index (χ4n) is 2.82. The van der Waals surface area contributed by atoms with Crippen LogP contribution in [0.25, 0.3) is 0 Å². The lowest BCUT2D eigenvalue weighted by Crippen LogP contribution is -2.48. The number of rotatable bonds is 7. The summed E-state index contributed by atoms with van der Waals surface area (Å²) >= 11 is 0. The van der Waals surface area contributed by atoms with Crippen molar-refractivity contribution in [2.45, 2.75) is 33.4 Å². The second-order valence-corrected chi connectivity index (χ2v) is 8.45. The highest BCUT2D eigenvalue weighted by molar-refractivity contribution is 7.92. The van der Waals surface area contributed by atoms with Gasteiger partial charge in [0, 0.05) is 6.54 Å². The summed E-state index contributed by atoms with van der Waals surface area (Å²) in [5.74, 6) is 0.369. The third-order valence-corrected chi connectivity index (χ3v) is 5.54. The van der Waals surface area contributed by atoms with Gasteiger partial charge in [0.1, 0.15) is 11.8 Å². The van der Waals surface area contributed by atoms with Crippen LogP contribution in [0.3, 0.4) is 0 Å². The van der Waals surface area contributed by atoms with Crippen LogP contribution in [0.5, 0.6) is 5.75 Å². The van der Waals surface area contributed by atoms with Gasteiger partial charge in [0.25, 0.3) is 0 Å². The highest BCUT2D eigenvalue weighted by Crippen LogP contribution is 2.26. The molecule has 0 aliphatic carbocycles. The molecule has 1 amide bonds. The molecule has 2 aromatic carbocycles. The van der Waals surface area contributed by atoms with E-state index in [1.807, 2.05) is 50.2 Å². The Kier molecular flexibility index (Phi) is 6.49. The van der Waals surface area contributed by atoms with Gasteiger partial charge >= 0.3 is 0 Å². The van der Waals surface area contributed by atoms with Gasteiger partial charge in [-0.25, -0.2) is 8.42 Å². The molecular weight excluding hydrogens is 364 g/mol. The summed E-state index contributed by atoms with van der Waals surface area (Å²) in [6.45, 7) is 5.61. The van der Waals surface area contributed by atoms with Crippen LogP contribution in [-0.4, -0.2) is 33.7 Å². The van der Waals surface area contributed by atoms with Crippen LogP contribution >= 0.6 is 0 Å². The number of sulfonamides is 1. The molecule has 0 fully saturated rings. The number of anilines is 1. The van der Waals surface area contributed by atoms with E-state index in [2.05, 4.69) is 5.32 Å². The van der Waals surface area contributed by atoms with Gasteiger partial charge in [-0.1, -0.05) is 24.3 Å². The zero-order chi connectivity index (χ0) is 20.2. The Morgan fingerprint density at radius 1 is 1.15 bits per heavy atom. The van der Waals surface area contributed by atoms with Gasteiger partial charge < -0.3 is 10.1 Å². The Hall–Kier alpha value is -2.54. The molecule has 0 aliphatic heterocycles. The standard InChI is InChI=1S/C20H26N2O4S/c1-14-6-7-15(2)19(12-14)22(27(5,24)25)16(3)20(23)21-13-17-8-10-18(26-4)11-9-17/h6-12,16H,13H2,1-5H3,(H,21,23)/t16-/m1/s1. The van der Waals surface area contributed by atoms with E-state index in [-0.39, 0.29) is 5.91 Å². The zero-order valence-corrected chi connectivity index (χ0v) is 17.1. The van der Waals surface area contributed by atoms with Crippen LogP contribution < -0.4 is 14.4 Å². The third kappa shape index (κ3) is 5.23. The SMILES string of the molecule is COc1ccc(CNC(=O)[C@@H](C)N(c2cc(C)ccc2C)S(C)(=O)=O)cc1. The predicted octanol–water partition coefficient (Wildman–Crippen LogP) is 2.78. The summed E-state index contributed by atoms with van der Waals surface area (Å²) in [5, 5.41) is 2.81. The van der Waals surface area contributed by atoms with Crippen molar-refractivity contribution in [1.29, 1.82) is 0 Å². The lowest BCUT2D eigenvalue weighted by molar-refractivity contribution is -0.122. The van der Waals surface area contributed by atoms with E-state index in [1.165, 1.54) is 4.31 Å². The minimum Gasteiger partial charge on any atom is -0.497 e. The van der Waals surface area contributed by atoms with Gasteiger partial charge in [-0.15, -0.1) is 0 Å². The molecule has 1 N–H and O–H groups in total. The highest BCUT2D eigenvalue weighted by atomic mass is 32.2. The van der Waals surface area contributed by atoms with Crippen molar-refractivity contribution in [2.24, 2.45) is 0 Å². The van der Waals surface area contributed by atoms with E-state index in [9.17, 15) is 13.2 Å². The Labute approximate surface area is 161 Å². The molecule has 0 aliphatic rings. The number of nitrogens with one attached hydrogen (secondary N) is 1. The number of hydrogen-bond acceptors (Lipinski definition) is 4. The number of nitrogens with zero attached hydrogens (tertiary/aromatic N) is 1. The van der Waals surface area contributed by atoms with Crippen LogP contribution in [0.1, 0.15) is 23.6 Å². The van der Waals surface area contributed by atoms with E-state index in [4.69, 9.17) is 4.74 Å². The number of aryl methyl sites for hydroxylation is 2. The van der Waals surface area contributed by atoms with Gasteiger partial charge in [-0.3, -0.25) is 9.10 Å². The fraction of sp³-hybridized carbons (Fsp3) is 0.350. The van der Waals surface area contributed by atoms with Crippen LogP contribution in [0, 0.1) is 13.8 Å². The molecular formula is C20H26N2O4S. The van der Waals surface area contributed by atoms with E-state index in [0.717, 1.165) is 28.7 Å². The lowest BCUT2D eigenvalue weighted by Gasteiger charge is -2.29. The van der Waals surface area contributed by atoms with Gasteiger partial charge in [-0.2, -0.15) is 0 Å². The Morgan fingerprint density at radius 2 is 1.78 bits per heavy atom. The normalized spacial score (nSPS) is 12.3. The Morgan fingerprint density at radius 3 is 2.33 bits per heavy atom.